The molecule has 3 rings (SSSR count). The van der Waals surface area contributed by atoms with Crippen molar-refractivity contribution in [3.8, 4) is 5.75 Å². The molecule has 25 heavy (non-hydrogen) atoms. The van der Waals surface area contributed by atoms with Crippen LogP contribution < -0.4 is 15.4 Å². The van der Waals surface area contributed by atoms with E-state index in [1.54, 1.807) is 37.6 Å². The number of para-hydroxylation sites is 1. The lowest BCUT2D eigenvalue weighted by molar-refractivity contribution is 0.0904. The molecule has 1 atom stereocenters. The first-order valence-corrected chi connectivity index (χ1v) is 8.29. The van der Waals surface area contributed by atoms with E-state index in [-0.39, 0.29) is 11.7 Å². The summed E-state index contributed by atoms with van der Waals surface area (Å²) in [6.07, 6.45) is 3.28. The number of benzene rings is 1. The number of aromatic nitrogens is 1. The molecule has 1 fully saturated rings. The Labute approximate surface area is 146 Å². The lowest BCUT2D eigenvalue weighted by atomic mass is 9.89. The predicted octanol–water partition coefficient (Wildman–Crippen LogP) is 2.29. The minimum atomic E-state index is -0.513. The number of hydrogen-bond acceptors (Lipinski definition) is 5. The van der Waals surface area contributed by atoms with Gasteiger partial charge < -0.3 is 15.4 Å². The van der Waals surface area contributed by atoms with Crippen LogP contribution in [-0.4, -0.2) is 36.9 Å². The molecule has 1 aromatic heterocycles. The number of Topliss-reactive ketones (excluding diaryl/α,β-unsaturated/α-hetero) is 1. The van der Waals surface area contributed by atoms with Crippen LogP contribution in [0.4, 0.5) is 5.82 Å². The third kappa shape index (κ3) is 3.47. The zero-order chi connectivity index (χ0) is 17.8. The van der Waals surface area contributed by atoms with Gasteiger partial charge >= 0.3 is 0 Å². The topological polar surface area (TPSA) is 85.5 Å². The number of nitrogens with two attached hydrogens (primary N) is 1. The molecular weight excluding hydrogens is 318 g/mol. The van der Waals surface area contributed by atoms with Crippen molar-refractivity contribution in [1.82, 2.24) is 4.98 Å². The number of anilines is 1. The maximum absolute atomic E-state index is 13.0. The Hall–Kier alpha value is -2.89. The summed E-state index contributed by atoms with van der Waals surface area (Å²) in [6.45, 7) is 1.25. The van der Waals surface area contributed by atoms with Crippen molar-refractivity contribution in [3.63, 3.8) is 0 Å². The smallest absolute Gasteiger partial charge is 0.252 e. The van der Waals surface area contributed by atoms with E-state index in [4.69, 9.17) is 10.5 Å². The van der Waals surface area contributed by atoms with Crippen LogP contribution in [0.2, 0.25) is 0 Å². The predicted molar refractivity (Wildman–Crippen MR) is 95.0 cm³/mol. The molecule has 6 nitrogen and oxygen atoms in total. The number of pyridine rings is 1. The van der Waals surface area contributed by atoms with E-state index in [0.29, 0.717) is 29.2 Å². The number of piperidine rings is 1. The Bertz CT molecular complexity index is 791. The molecule has 2 aromatic rings. The van der Waals surface area contributed by atoms with Crippen molar-refractivity contribution < 1.29 is 14.3 Å². The highest BCUT2D eigenvalue weighted by molar-refractivity contribution is 6.01. The van der Waals surface area contributed by atoms with Gasteiger partial charge in [-0.3, -0.25) is 9.59 Å². The summed E-state index contributed by atoms with van der Waals surface area (Å²) in [6, 6.07) is 10.6. The molecule has 1 aliphatic rings. The second-order valence-corrected chi connectivity index (χ2v) is 6.09. The van der Waals surface area contributed by atoms with Gasteiger partial charge in [0.25, 0.3) is 5.91 Å². The fourth-order valence-electron chi connectivity index (χ4n) is 3.29. The molecule has 0 bridgehead atoms. The van der Waals surface area contributed by atoms with Crippen LogP contribution >= 0.6 is 0 Å². The third-order valence-electron chi connectivity index (χ3n) is 4.52. The Morgan fingerprint density at radius 2 is 1.96 bits per heavy atom. The molecule has 0 spiro atoms. The summed E-state index contributed by atoms with van der Waals surface area (Å²) < 4.78 is 5.31. The van der Waals surface area contributed by atoms with E-state index in [1.807, 2.05) is 17.0 Å². The first-order valence-electron chi connectivity index (χ1n) is 8.29. The van der Waals surface area contributed by atoms with Crippen molar-refractivity contribution >= 4 is 17.5 Å². The lowest BCUT2D eigenvalue weighted by Crippen LogP contribution is -2.40. The van der Waals surface area contributed by atoms with E-state index in [1.165, 1.54) is 0 Å². The summed E-state index contributed by atoms with van der Waals surface area (Å²) in [5.74, 6) is 0.501. The van der Waals surface area contributed by atoms with Crippen LogP contribution in [0.25, 0.3) is 0 Å². The van der Waals surface area contributed by atoms with Gasteiger partial charge in [-0.05, 0) is 37.1 Å². The summed E-state index contributed by atoms with van der Waals surface area (Å²) in [4.78, 5) is 30.9. The highest BCUT2D eigenvalue weighted by Crippen LogP contribution is 2.29. The fraction of sp³-hybridized carbons (Fsp3) is 0.316. The highest BCUT2D eigenvalue weighted by Gasteiger charge is 2.30. The minimum Gasteiger partial charge on any atom is -0.496 e. The first-order chi connectivity index (χ1) is 12.1. The molecule has 6 heteroatoms. The van der Waals surface area contributed by atoms with E-state index >= 15 is 0 Å². The number of carbonyl (C=O) groups is 2. The van der Waals surface area contributed by atoms with Gasteiger partial charge in [0.2, 0.25) is 0 Å². The number of carbonyl (C=O) groups excluding carboxylic acids is 2. The molecule has 130 valence electrons. The molecule has 2 heterocycles. The Balaban J connectivity index is 1.84. The van der Waals surface area contributed by atoms with Gasteiger partial charge in [-0.15, -0.1) is 0 Å². The molecule has 1 amide bonds. The van der Waals surface area contributed by atoms with E-state index in [9.17, 15) is 9.59 Å². The Morgan fingerprint density at radius 3 is 2.72 bits per heavy atom. The van der Waals surface area contributed by atoms with Crippen LogP contribution in [0, 0.1) is 5.92 Å². The molecule has 0 saturated carbocycles. The fourth-order valence-corrected chi connectivity index (χ4v) is 3.29. The van der Waals surface area contributed by atoms with Crippen molar-refractivity contribution in [1.29, 1.82) is 0 Å². The zero-order valence-electron chi connectivity index (χ0n) is 14.1. The Kier molecular flexibility index (Phi) is 4.97. The molecular formula is C19H21N3O3. The monoisotopic (exact) mass is 339 g/mol. The molecule has 0 radical (unpaired) electrons. The lowest BCUT2D eigenvalue weighted by Gasteiger charge is -2.33. The van der Waals surface area contributed by atoms with Gasteiger partial charge in [-0.25, -0.2) is 4.98 Å². The van der Waals surface area contributed by atoms with E-state index in [2.05, 4.69) is 4.98 Å². The molecule has 1 aliphatic heterocycles. The second kappa shape index (κ2) is 7.34. The van der Waals surface area contributed by atoms with Crippen molar-refractivity contribution in [2.24, 2.45) is 11.7 Å². The second-order valence-electron chi connectivity index (χ2n) is 6.09. The first kappa shape index (κ1) is 17.0. The van der Waals surface area contributed by atoms with E-state index < -0.39 is 5.91 Å². The average Bonchev–Trinajstić information content (AvgIpc) is 2.67. The average molecular weight is 339 g/mol. The number of rotatable bonds is 5. The van der Waals surface area contributed by atoms with Crippen LogP contribution in [0.1, 0.15) is 33.6 Å². The molecule has 1 saturated heterocycles. The van der Waals surface area contributed by atoms with Crippen molar-refractivity contribution in [2.45, 2.75) is 12.8 Å². The summed E-state index contributed by atoms with van der Waals surface area (Å²) in [5, 5.41) is 0. The van der Waals surface area contributed by atoms with Gasteiger partial charge in [0.05, 0.1) is 18.2 Å². The quantitative estimate of drug-likeness (QED) is 0.845. The molecule has 2 N–H and O–H groups in total. The van der Waals surface area contributed by atoms with Gasteiger partial charge in [-0.1, -0.05) is 12.1 Å². The van der Waals surface area contributed by atoms with Crippen molar-refractivity contribution in [3.05, 3.63) is 53.7 Å². The summed E-state index contributed by atoms with van der Waals surface area (Å²) in [7, 11) is 1.56. The van der Waals surface area contributed by atoms with Crippen molar-refractivity contribution in [2.75, 3.05) is 25.1 Å². The van der Waals surface area contributed by atoms with Crippen LogP contribution in [-0.2, 0) is 0 Å². The van der Waals surface area contributed by atoms with Gasteiger partial charge in [0.15, 0.2) is 5.78 Å². The molecule has 1 aromatic carbocycles. The van der Waals surface area contributed by atoms with Gasteiger partial charge in [-0.2, -0.15) is 0 Å². The third-order valence-corrected chi connectivity index (χ3v) is 4.52. The zero-order valence-corrected chi connectivity index (χ0v) is 14.1. The number of primary amides is 1. The van der Waals surface area contributed by atoms with Crippen LogP contribution in [0.3, 0.4) is 0 Å². The van der Waals surface area contributed by atoms with Crippen LogP contribution in [0.15, 0.2) is 42.6 Å². The molecule has 0 aliphatic carbocycles. The molecule has 0 unspecified atom stereocenters. The number of hydrogen-bond donors (Lipinski definition) is 1. The van der Waals surface area contributed by atoms with E-state index in [0.717, 1.165) is 19.4 Å². The largest absolute Gasteiger partial charge is 0.496 e. The summed E-state index contributed by atoms with van der Waals surface area (Å²) >= 11 is 0. The van der Waals surface area contributed by atoms with Gasteiger partial charge in [0, 0.05) is 25.2 Å². The minimum absolute atomic E-state index is 0.0544. The summed E-state index contributed by atoms with van der Waals surface area (Å²) in [5.41, 5.74) is 6.43. The maximum atomic E-state index is 13.0. The maximum Gasteiger partial charge on any atom is 0.252 e. The number of amides is 1. The van der Waals surface area contributed by atoms with Gasteiger partial charge in [0.1, 0.15) is 11.6 Å². The normalized spacial score (nSPS) is 17.2. The Morgan fingerprint density at radius 1 is 1.20 bits per heavy atom. The number of nitrogens with zero attached hydrogens (tertiary/aromatic N) is 2. The standard InChI is InChI=1S/C19H21N3O3/c1-25-16-9-3-2-7-14(16)17(23)13-6-5-11-22(12-13)19-15(18(20)24)8-4-10-21-19/h2-4,7-10,13H,5-6,11-12H2,1H3,(H2,20,24)/t13-/m1/s1. The number of ketones is 1. The highest BCUT2D eigenvalue weighted by atomic mass is 16.5. The number of methoxy groups -OCH3 is 1. The SMILES string of the molecule is COc1ccccc1C(=O)[C@@H]1CCCN(c2ncccc2C(N)=O)C1. The van der Waals surface area contributed by atoms with Crippen LogP contribution in [0.5, 0.6) is 5.75 Å². The number of ether oxygens (including phenoxy) is 1.